The number of hydrazine groups is 1. The zero-order valence-corrected chi connectivity index (χ0v) is 12.2. The molecule has 0 aliphatic carbocycles. The van der Waals surface area contributed by atoms with Crippen molar-refractivity contribution in [3.05, 3.63) is 64.7 Å². The number of hydrogen-bond acceptors (Lipinski definition) is 3. The van der Waals surface area contributed by atoms with Crippen LogP contribution in [0.2, 0.25) is 5.02 Å². The lowest BCUT2D eigenvalue weighted by Gasteiger charge is -2.18. The molecule has 2 aromatic carbocycles. The Morgan fingerprint density at radius 3 is 2.55 bits per heavy atom. The Bertz CT molecular complexity index is 545. The summed E-state index contributed by atoms with van der Waals surface area (Å²) in [6.45, 7) is 0. The highest BCUT2D eigenvalue weighted by atomic mass is 35.5. The lowest BCUT2D eigenvalue weighted by Crippen LogP contribution is -2.38. The SMILES string of the molecule is COc1ccc(Cl)cc1CC(Cc1ccccc1)NN. The molecule has 3 N–H and O–H groups in total. The Balaban J connectivity index is 2.12. The van der Waals surface area contributed by atoms with Crippen LogP contribution in [0.1, 0.15) is 11.1 Å². The van der Waals surface area contributed by atoms with Crippen LogP contribution in [0.3, 0.4) is 0 Å². The van der Waals surface area contributed by atoms with E-state index >= 15 is 0 Å². The fourth-order valence-corrected chi connectivity index (χ4v) is 2.46. The Hall–Kier alpha value is -1.55. The van der Waals surface area contributed by atoms with Gasteiger partial charge in [0, 0.05) is 11.1 Å². The lowest BCUT2D eigenvalue weighted by molar-refractivity contribution is 0.404. The summed E-state index contributed by atoms with van der Waals surface area (Å²) in [5, 5.41) is 0.705. The van der Waals surface area contributed by atoms with Crippen molar-refractivity contribution in [3.8, 4) is 5.75 Å². The smallest absolute Gasteiger partial charge is 0.122 e. The van der Waals surface area contributed by atoms with Crippen LogP contribution >= 0.6 is 11.6 Å². The van der Waals surface area contributed by atoms with Gasteiger partial charge >= 0.3 is 0 Å². The van der Waals surface area contributed by atoms with Crippen molar-refractivity contribution < 1.29 is 4.74 Å². The van der Waals surface area contributed by atoms with Gasteiger partial charge in [-0.2, -0.15) is 0 Å². The highest BCUT2D eigenvalue weighted by Gasteiger charge is 2.12. The van der Waals surface area contributed by atoms with Crippen LogP contribution in [0, 0.1) is 0 Å². The van der Waals surface area contributed by atoms with Crippen molar-refractivity contribution in [3.63, 3.8) is 0 Å². The van der Waals surface area contributed by atoms with E-state index in [4.69, 9.17) is 22.2 Å². The van der Waals surface area contributed by atoms with E-state index in [9.17, 15) is 0 Å². The summed E-state index contributed by atoms with van der Waals surface area (Å²) in [7, 11) is 1.66. The van der Waals surface area contributed by atoms with Crippen LogP contribution in [-0.2, 0) is 12.8 Å². The summed E-state index contributed by atoms with van der Waals surface area (Å²) in [4.78, 5) is 0. The zero-order chi connectivity index (χ0) is 14.4. The predicted octanol–water partition coefficient (Wildman–Crippen LogP) is 2.97. The van der Waals surface area contributed by atoms with Gasteiger partial charge in [0.15, 0.2) is 0 Å². The first-order chi connectivity index (χ1) is 9.72. The minimum absolute atomic E-state index is 0.129. The molecule has 0 amide bonds. The second-order valence-corrected chi connectivity index (χ2v) is 5.15. The fourth-order valence-electron chi connectivity index (χ4n) is 2.26. The molecular formula is C16H19ClN2O. The predicted molar refractivity (Wildman–Crippen MR) is 83.0 cm³/mol. The van der Waals surface area contributed by atoms with Gasteiger partial charge in [0.2, 0.25) is 0 Å². The second kappa shape index (κ2) is 7.29. The van der Waals surface area contributed by atoms with Gasteiger partial charge in [-0.05, 0) is 42.2 Å². The first-order valence-electron chi connectivity index (χ1n) is 6.55. The molecule has 3 nitrogen and oxygen atoms in total. The first-order valence-corrected chi connectivity index (χ1v) is 6.93. The van der Waals surface area contributed by atoms with E-state index in [0.717, 1.165) is 24.2 Å². The van der Waals surface area contributed by atoms with E-state index < -0.39 is 0 Å². The second-order valence-electron chi connectivity index (χ2n) is 4.71. The van der Waals surface area contributed by atoms with Gasteiger partial charge in [-0.15, -0.1) is 0 Å². The monoisotopic (exact) mass is 290 g/mol. The van der Waals surface area contributed by atoms with Crippen molar-refractivity contribution in [2.24, 2.45) is 5.84 Å². The summed E-state index contributed by atoms with van der Waals surface area (Å²) < 4.78 is 5.37. The molecule has 0 heterocycles. The molecule has 0 saturated heterocycles. The van der Waals surface area contributed by atoms with Gasteiger partial charge in [0.05, 0.1) is 7.11 Å². The first kappa shape index (κ1) is 14.9. The van der Waals surface area contributed by atoms with Crippen LogP contribution in [0.25, 0.3) is 0 Å². The third-order valence-electron chi connectivity index (χ3n) is 3.27. The molecule has 0 saturated carbocycles. The van der Waals surface area contributed by atoms with Crippen LogP contribution < -0.4 is 16.0 Å². The number of hydrogen-bond donors (Lipinski definition) is 2. The quantitative estimate of drug-likeness (QED) is 0.635. The molecule has 2 rings (SSSR count). The van der Waals surface area contributed by atoms with Crippen LogP contribution in [0.5, 0.6) is 5.75 Å². The number of halogens is 1. The minimum Gasteiger partial charge on any atom is -0.496 e. The minimum atomic E-state index is 0.129. The van der Waals surface area contributed by atoms with Crippen molar-refractivity contribution >= 4 is 11.6 Å². The number of nitrogens with one attached hydrogen (secondary N) is 1. The molecule has 0 fully saturated rings. The van der Waals surface area contributed by atoms with Gasteiger partial charge in [-0.3, -0.25) is 11.3 Å². The van der Waals surface area contributed by atoms with E-state index in [2.05, 4.69) is 17.6 Å². The average molecular weight is 291 g/mol. The summed E-state index contributed by atoms with van der Waals surface area (Å²) in [5.41, 5.74) is 5.17. The van der Waals surface area contributed by atoms with Crippen molar-refractivity contribution in [2.75, 3.05) is 7.11 Å². The van der Waals surface area contributed by atoms with E-state index in [0.29, 0.717) is 5.02 Å². The van der Waals surface area contributed by atoms with E-state index in [-0.39, 0.29) is 6.04 Å². The number of rotatable bonds is 6. The highest BCUT2D eigenvalue weighted by Crippen LogP contribution is 2.24. The standard InChI is InChI=1S/C16H19ClN2O/c1-20-16-8-7-14(17)10-13(16)11-15(19-18)9-12-5-3-2-4-6-12/h2-8,10,15,19H,9,11,18H2,1H3. The maximum atomic E-state index is 6.05. The molecule has 0 bridgehead atoms. The zero-order valence-electron chi connectivity index (χ0n) is 11.5. The molecule has 106 valence electrons. The molecule has 0 aliphatic heterocycles. The van der Waals surface area contributed by atoms with Crippen LogP contribution in [0.15, 0.2) is 48.5 Å². The van der Waals surface area contributed by atoms with E-state index in [1.165, 1.54) is 5.56 Å². The average Bonchev–Trinajstić information content (AvgIpc) is 2.48. The largest absolute Gasteiger partial charge is 0.496 e. The maximum Gasteiger partial charge on any atom is 0.122 e. The highest BCUT2D eigenvalue weighted by molar-refractivity contribution is 6.30. The molecule has 1 unspecified atom stereocenters. The Labute approximate surface area is 124 Å². The third kappa shape index (κ3) is 3.97. The molecule has 2 aromatic rings. The summed E-state index contributed by atoms with van der Waals surface area (Å²) in [6.07, 6.45) is 1.61. The fraction of sp³-hybridized carbons (Fsp3) is 0.250. The van der Waals surface area contributed by atoms with Gasteiger partial charge in [0.25, 0.3) is 0 Å². The topological polar surface area (TPSA) is 47.3 Å². The lowest BCUT2D eigenvalue weighted by atomic mass is 9.99. The van der Waals surface area contributed by atoms with Crippen molar-refractivity contribution in [2.45, 2.75) is 18.9 Å². The Morgan fingerprint density at radius 1 is 1.15 bits per heavy atom. The van der Waals surface area contributed by atoms with Gasteiger partial charge in [-0.25, -0.2) is 0 Å². The molecular weight excluding hydrogens is 272 g/mol. The third-order valence-corrected chi connectivity index (χ3v) is 3.50. The maximum absolute atomic E-state index is 6.05. The van der Waals surface area contributed by atoms with E-state index in [1.54, 1.807) is 7.11 Å². The molecule has 0 radical (unpaired) electrons. The normalized spacial score (nSPS) is 12.2. The van der Waals surface area contributed by atoms with Crippen molar-refractivity contribution in [1.29, 1.82) is 0 Å². The summed E-state index contributed by atoms with van der Waals surface area (Å²) >= 11 is 6.05. The molecule has 0 spiro atoms. The molecule has 1 atom stereocenters. The summed E-state index contributed by atoms with van der Waals surface area (Å²) in [5.74, 6) is 6.51. The van der Waals surface area contributed by atoms with Gasteiger partial charge in [0.1, 0.15) is 5.75 Å². The molecule has 4 heteroatoms. The van der Waals surface area contributed by atoms with Crippen molar-refractivity contribution in [1.82, 2.24) is 5.43 Å². The molecule has 0 aliphatic rings. The number of nitrogens with two attached hydrogens (primary N) is 1. The van der Waals surface area contributed by atoms with Gasteiger partial charge in [-0.1, -0.05) is 41.9 Å². The van der Waals surface area contributed by atoms with Crippen LogP contribution in [-0.4, -0.2) is 13.2 Å². The number of methoxy groups -OCH3 is 1. The number of ether oxygens (including phenoxy) is 1. The molecule has 0 aromatic heterocycles. The Morgan fingerprint density at radius 2 is 1.90 bits per heavy atom. The van der Waals surface area contributed by atoms with E-state index in [1.807, 2.05) is 36.4 Å². The Kier molecular flexibility index (Phi) is 5.41. The number of benzene rings is 2. The molecule has 20 heavy (non-hydrogen) atoms. The van der Waals surface area contributed by atoms with Gasteiger partial charge < -0.3 is 4.74 Å². The van der Waals surface area contributed by atoms with Crippen LogP contribution in [0.4, 0.5) is 0 Å². The summed E-state index contributed by atoms with van der Waals surface area (Å²) in [6, 6.07) is 16.0.